The van der Waals surface area contributed by atoms with E-state index in [2.05, 4.69) is 20.6 Å². The first-order chi connectivity index (χ1) is 10.1. The van der Waals surface area contributed by atoms with Crippen molar-refractivity contribution in [3.63, 3.8) is 0 Å². The summed E-state index contributed by atoms with van der Waals surface area (Å²) in [6.45, 7) is 3.98. The van der Waals surface area contributed by atoms with Gasteiger partial charge in [-0.3, -0.25) is 4.79 Å². The summed E-state index contributed by atoms with van der Waals surface area (Å²) in [6, 6.07) is 7.45. The van der Waals surface area contributed by atoms with Gasteiger partial charge in [0.25, 0.3) is 5.91 Å². The lowest BCUT2D eigenvalue weighted by molar-refractivity contribution is 0.102. The Bertz CT molecular complexity index is 611. The van der Waals surface area contributed by atoms with Crippen LogP contribution in [0.4, 0.5) is 11.6 Å². The van der Waals surface area contributed by atoms with Crippen molar-refractivity contribution in [3.05, 3.63) is 42.2 Å². The summed E-state index contributed by atoms with van der Waals surface area (Å²) < 4.78 is 5.19. The van der Waals surface area contributed by atoms with Crippen molar-refractivity contribution in [1.82, 2.24) is 9.97 Å². The largest absolute Gasteiger partial charge is 0.495 e. The number of para-hydroxylation sites is 2. The molecule has 0 saturated carbocycles. The summed E-state index contributed by atoms with van der Waals surface area (Å²) in [7, 11) is 1.56. The lowest BCUT2D eigenvalue weighted by atomic mass is 10.2. The predicted octanol–water partition coefficient (Wildman–Crippen LogP) is 2.56. The van der Waals surface area contributed by atoms with Gasteiger partial charge >= 0.3 is 0 Å². The monoisotopic (exact) mass is 286 g/mol. The maximum absolute atomic E-state index is 12.1. The van der Waals surface area contributed by atoms with Gasteiger partial charge in [0, 0.05) is 18.4 Å². The number of benzene rings is 1. The number of rotatable bonds is 5. The summed E-state index contributed by atoms with van der Waals surface area (Å²) in [5.41, 5.74) is 0.990. The van der Waals surface area contributed by atoms with Gasteiger partial charge in [-0.15, -0.1) is 0 Å². The molecule has 0 radical (unpaired) electrons. The molecule has 1 aromatic carbocycles. The number of carbonyl (C=O) groups is 1. The molecule has 0 spiro atoms. The standard InChI is InChI=1S/C15H18N4O2/c1-10(2)18-15-16-8-11(9-17-15)14(20)19-12-6-4-5-7-13(12)21-3/h4-10H,1-3H3,(H,19,20)(H,16,17,18). The number of hydrogen-bond donors (Lipinski definition) is 2. The lowest BCUT2D eigenvalue weighted by Gasteiger charge is -2.10. The molecule has 0 fully saturated rings. The molecule has 0 aliphatic heterocycles. The van der Waals surface area contributed by atoms with Gasteiger partial charge in [-0.05, 0) is 26.0 Å². The molecule has 2 N–H and O–H groups in total. The molecule has 110 valence electrons. The minimum absolute atomic E-state index is 0.234. The van der Waals surface area contributed by atoms with E-state index < -0.39 is 0 Å². The lowest BCUT2D eigenvalue weighted by Crippen LogP contribution is -2.16. The fourth-order valence-electron chi connectivity index (χ4n) is 1.72. The minimum atomic E-state index is -0.282. The van der Waals surface area contributed by atoms with Crippen molar-refractivity contribution >= 4 is 17.5 Å². The van der Waals surface area contributed by atoms with Gasteiger partial charge in [-0.1, -0.05) is 12.1 Å². The molecule has 0 saturated heterocycles. The van der Waals surface area contributed by atoms with E-state index in [1.54, 1.807) is 19.2 Å². The number of aromatic nitrogens is 2. The van der Waals surface area contributed by atoms with Crippen molar-refractivity contribution in [2.24, 2.45) is 0 Å². The first-order valence-electron chi connectivity index (χ1n) is 6.63. The third kappa shape index (κ3) is 3.92. The molecule has 6 heteroatoms. The predicted molar refractivity (Wildman–Crippen MR) is 81.7 cm³/mol. The van der Waals surface area contributed by atoms with Gasteiger partial charge in [-0.25, -0.2) is 9.97 Å². The van der Waals surface area contributed by atoms with E-state index in [4.69, 9.17) is 4.74 Å². The van der Waals surface area contributed by atoms with Crippen molar-refractivity contribution < 1.29 is 9.53 Å². The second-order valence-electron chi connectivity index (χ2n) is 4.75. The summed E-state index contributed by atoms with van der Waals surface area (Å²) >= 11 is 0. The van der Waals surface area contributed by atoms with E-state index in [0.717, 1.165) is 0 Å². The normalized spacial score (nSPS) is 10.3. The Morgan fingerprint density at radius 2 is 1.86 bits per heavy atom. The quantitative estimate of drug-likeness (QED) is 0.883. The van der Waals surface area contributed by atoms with Crippen LogP contribution in [0.2, 0.25) is 0 Å². The number of methoxy groups -OCH3 is 1. The van der Waals surface area contributed by atoms with Gasteiger partial charge in [0.1, 0.15) is 5.75 Å². The zero-order chi connectivity index (χ0) is 15.2. The van der Waals surface area contributed by atoms with Gasteiger partial charge in [0.15, 0.2) is 0 Å². The number of ether oxygens (including phenoxy) is 1. The minimum Gasteiger partial charge on any atom is -0.495 e. The fourth-order valence-corrected chi connectivity index (χ4v) is 1.72. The first-order valence-corrected chi connectivity index (χ1v) is 6.63. The third-order valence-corrected chi connectivity index (χ3v) is 2.69. The first kappa shape index (κ1) is 14.8. The van der Waals surface area contributed by atoms with Crippen molar-refractivity contribution in [3.8, 4) is 5.75 Å². The summed E-state index contributed by atoms with van der Waals surface area (Å²) in [6.07, 6.45) is 2.98. The highest BCUT2D eigenvalue weighted by Crippen LogP contribution is 2.23. The number of amides is 1. The van der Waals surface area contributed by atoms with Crippen LogP contribution in [-0.2, 0) is 0 Å². The number of hydrogen-bond acceptors (Lipinski definition) is 5. The molecule has 1 aromatic heterocycles. The Morgan fingerprint density at radius 1 is 1.19 bits per heavy atom. The van der Waals surface area contributed by atoms with Gasteiger partial charge < -0.3 is 15.4 Å². The van der Waals surface area contributed by atoms with Crippen LogP contribution in [0.1, 0.15) is 24.2 Å². The number of anilines is 2. The maximum Gasteiger partial charge on any atom is 0.258 e. The molecule has 0 atom stereocenters. The number of nitrogens with zero attached hydrogens (tertiary/aromatic N) is 2. The van der Waals surface area contributed by atoms with Crippen LogP contribution >= 0.6 is 0 Å². The van der Waals surface area contributed by atoms with E-state index in [1.165, 1.54) is 12.4 Å². The Balaban J connectivity index is 2.09. The molecular weight excluding hydrogens is 268 g/mol. The average molecular weight is 286 g/mol. The molecule has 0 aliphatic rings. The zero-order valence-electron chi connectivity index (χ0n) is 12.3. The van der Waals surface area contributed by atoms with Gasteiger partial charge in [0.05, 0.1) is 18.4 Å². The Labute approximate surface area is 123 Å². The molecule has 21 heavy (non-hydrogen) atoms. The zero-order valence-corrected chi connectivity index (χ0v) is 12.3. The Morgan fingerprint density at radius 3 is 2.48 bits per heavy atom. The molecule has 0 aliphatic carbocycles. The van der Waals surface area contributed by atoms with E-state index in [-0.39, 0.29) is 11.9 Å². The van der Waals surface area contributed by atoms with Crippen LogP contribution < -0.4 is 15.4 Å². The van der Waals surface area contributed by atoms with Crippen LogP contribution in [0.3, 0.4) is 0 Å². The maximum atomic E-state index is 12.1. The van der Waals surface area contributed by atoms with Crippen LogP contribution in [0.5, 0.6) is 5.75 Å². The molecule has 6 nitrogen and oxygen atoms in total. The topological polar surface area (TPSA) is 76.1 Å². The SMILES string of the molecule is COc1ccccc1NC(=O)c1cnc(NC(C)C)nc1. The number of carbonyl (C=O) groups excluding carboxylic acids is 1. The summed E-state index contributed by atoms with van der Waals surface area (Å²) in [4.78, 5) is 20.4. The smallest absolute Gasteiger partial charge is 0.258 e. The van der Waals surface area contributed by atoms with Crippen molar-refractivity contribution in [2.75, 3.05) is 17.7 Å². The highest BCUT2D eigenvalue weighted by molar-refractivity contribution is 6.04. The van der Waals surface area contributed by atoms with Crippen LogP contribution in [0.25, 0.3) is 0 Å². The highest BCUT2D eigenvalue weighted by atomic mass is 16.5. The van der Waals surface area contributed by atoms with Gasteiger partial charge in [0.2, 0.25) is 5.95 Å². The van der Waals surface area contributed by atoms with Crippen LogP contribution in [0.15, 0.2) is 36.7 Å². The highest BCUT2D eigenvalue weighted by Gasteiger charge is 2.10. The van der Waals surface area contributed by atoms with E-state index in [0.29, 0.717) is 22.9 Å². The Kier molecular flexibility index (Phi) is 4.71. The molecule has 1 amide bonds. The second kappa shape index (κ2) is 6.69. The van der Waals surface area contributed by atoms with E-state index in [1.807, 2.05) is 26.0 Å². The fraction of sp³-hybridized carbons (Fsp3) is 0.267. The molecule has 2 rings (SSSR count). The second-order valence-corrected chi connectivity index (χ2v) is 4.75. The third-order valence-electron chi connectivity index (χ3n) is 2.69. The van der Waals surface area contributed by atoms with Crippen LogP contribution in [-0.4, -0.2) is 29.0 Å². The molecule has 0 unspecified atom stereocenters. The van der Waals surface area contributed by atoms with E-state index in [9.17, 15) is 4.79 Å². The molecule has 1 heterocycles. The summed E-state index contributed by atoms with van der Waals surface area (Å²) in [5, 5.41) is 5.84. The van der Waals surface area contributed by atoms with Crippen molar-refractivity contribution in [1.29, 1.82) is 0 Å². The molecule has 0 bridgehead atoms. The summed E-state index contributed by atoms with van der Waals surface area (Å²) in [5.74, 6) is 0.819. The van der Waals surface area contributed by atoms with E-state index >= 15 is 0 Å². The number of nitrogens with one attached hydrogen (secondary N) is 2. The average Bonchev–Trinajstić information content (AvgIpc) is 2.48. The molecular formula is C15H18N4O2. The van der Waals surface area contributed by atoms with Crippen molar-refractivity contribution in [2.45, 2.75) is 19.9 Å². The Hall–Kier alpha value is -2.63. The van der Waals surface area contributed by atoms with Gasteiger partial charge in [-0.2, -0.15) is 0 Å². The van der Waals surface area contributed by atoms with Crippen LogP contribution in [0, 0.1) is 0 Å². The molecule has 2 aromatic rings.